The van der Waals surface area contributed by atoms with Gasteiger partial charge in [-0.15, -0.1) is 0 Å². The van der Waals surface area contributed by atoms with E-state index in [9.17, 15) is 5.11 Å². The van der Waals surface area contributed by atoms with Crippen LogP contribution in [0, 0.1) is 16.7 Å². The van der Waals surface area contributed by atoms with Crippen LogP contribution < -0.4 is 5.32 Å². The molecule has 1 unspecified atom stereocenters. The van der Waals surface area contributed by atoms with E-state index in [1.54, 1.807) is 0 Å². The fourth-order valence-electron chi connectivity index (χ4n) is 4.88. The van der Waals surface area contributed by atoms with Crippen molar-refractivity contribution >= 4 is 0 Å². The van der Waals surface area contributed by atoms with Gasteiger partial charge in [-0.05, 0) is 18.8 Å². The first-order valence-corrected chi connectivity index (χ1v) is 8.59. The monoisotopic (exact) mass is 282 g/mol. The van der Waals surface area contributed by atoms with Crippen molar-refractivity contribution in [2.75, 3.05) is 32.7 Å². The summed E-state index contributed by atoms with van der Waals surface area (Å²) in [5, 5.41) is 14.8. The smallest absolute Gasteiger partial charge is 0.0701 e. The average molecular weight is 282 g/mol. The Kier molecular flexibility index (Phi) is 5.14. The minimum Gasteiger partial charge on any atom is -0.392 e. The summed E-state index contributed by atoms with van der Waals surface area (Å²) in [6, 6.07) is 0. The van der Waals surface area contributed by atoms with Crippen LogP contribution in [0.2, 0.25) is 0 Å². The molecule has 20 heavy (non-hydrogen) atoms. The van der Waals surface area contributed by atoms with Gasteiger partial charge >= 0.3 is 0 Å². The molecule has 3 heteroatoms. The molecular weight excluding hydrogens is 248 g/mol. The van der Waals surface area contributed by atoms with Gasteiger partial charge in [-0.3, -0.25) is 0 Å². The van der Waals surface area contributed by atoms with Gasteiger partial charge in [-0.2, -0.15) is 0 Å². The van der Waals surface area contributed by atoms with E-state index < -0.39 is 0 Å². The lowest BCUT2D eigenvalue weighted by Crippen LogP contribution is -2.71. The Balaban J connectivity index is 2.26. The molecule has 0 radical (unpaired) electrons. The lowest BCUT2D eigenvalue weighted by molar-refractivity contribution is -0.164. The molecular formula is C17H34N2O. The van der Waals surface area contributed by atoms with Gasteiger partial charge in [0.25, 0.3) is 0 Å². The summed E-state index contributed by atoms with van der Waals surface area (Å²) >= 11 is 0. The van der Waals surface area contributed by atoms with Crippen LogP contribution in [0.4, 0.5) is 0 Å². The highest BCUT2D eigenvalue weighted by Gasteiger charge is 2.56. The van der Waals surface area contributed by atoms with Crippen molar-refractivity contribution in [1.29, 1.82) is 0 Å². The Morgan fingerprint density at radius 1 is 1.10 bits per heavy atom. The van der Waals surface area contributed by atoms with Gasteiger partial charge in [0, 0.05) is 43.6 Å². The largest absolute Gasteiger partial charge is 0.392 e. The van der Waals surface area contributed by atoms with Crippen molar-refractivity contribution in [3.8, 4) is 0 Å². The maximum absolute atomic E-state index is 11.1. The first-order chi connectivity index (χ1) is 9.48. The second-order valence-corrected chi connectivity index (χ2v) is 7.79. The van der Waals surface area contributed by atoms with E-state index in [1.807, 2.05) is 0 Å². The molecule has 2 fully saturated rings. The molecule has 2 rings (SSSR count). The Labute approximate surface area is 125 Å². The number of rotatable bonds is 6. The SMILES string of the molecule is CCC[C@]12CNC[C@](CCC)(CN(CC(C)C)C1)C2O. The molecule has 0 aromatic carbocycles. The molecule has 2 bridgehead atoms. The normalized spacial score (nSPS) is 38.4. The molecule has 2 saturated heterocycles. The van der Waals surface area contributed by atoms with Crippen molar-refractivity contribution in [3.05, 3.63) is 0 Å². The van der Waals surface area contributed by atoms with Crippen LogP contribution in [0.1, 0.15) is 53.4 Å². The third-order valence-electron chi connectivity index (χ3n) is 5.31. The highest BCUT2D eigenvalue weighted by Crippen LogP contribution is 2.48. The predicted octanol–water partition coefficient (Wildman–Crippen LogP) is 2.50. The molecule has 118 valence electrons. The first kappa shape index (κ1) is 16.3. The Hall–Kier alpha value is -0.120. The average Bonchev–Trinajstić information content (AvgIpc) is 2.33. The van der Waals surface area contributed by atoms with Crippen LogP contribution in [0.3, 0.4) is 0 Å². The zero-order valence-corrected chi connectivity index (χ0v) is 13.9. The third kappa shape index (κ3) is 2.90. The number of piperidine rings is 2. The quantitative estimate of drug-likeness (QED) is 0.786. The van der Waals surface area contributed by atoms with Crippen molar-refractivity contribution in [2.45, 2.75) is 59.5 Å². The lowest BCUT2D eigenvalue weighted by atomic mass is 9.59. The first-order valence-electron chi connectivity index (χ1n) is 8.59. The fourth-order valence-corrected chi connectivity index (χ4v) is 4.88. The van der Waals surface area contributed by atoms with Crippen molar-refractivity contribution < 1.29 is 5.11 Å². The van der Waals surface area contributed by atoms with Crippen LogP contribution in [-0.2, 0) is 0 Å². The van der Waals surface area contributed by atoms with Gasteiger partial charge in [0.1, 0.15) is 0 Å². The van der Waals surface area contributed by atoms with Crippen molar-refractivity contribution in [2.24, 2.45) is 16.7 Å². The minimum absolute atomic E-state index is 0.0787. The summed E-state index contributed by atoms with van der Waals surface area (Å²) in [6.07, 6.45) is 4.48. The number of hydrogen-bond acceptors (Lipinski definition) is 3. The second kappa shape index (κ2) is 6.33. The van der Waals surface area contributed by atoms with Crippen LogP contribution in [0.5, 0.6) is 0 Å². The molecule has 0 spiro atoms. The Morgan fingerprint density at radius 3 is 2.00 bits per heavy atom. The minimum atomic E-state index is -0.125. The fraction of sp³-hybridized carbons (Fsp3) is 1.00. The van der Waals surface area contributed by atoms with Gasteiger partial charge in [-0.1, -0.05) is 40.5 Å². The van der Waals surface area contributed by atoms with E-state index in [1.165, 1.54) is 6.54 Å². The zero-order valence-electron chi connectivity index (χ0n) is 13.9. The maximum atomic E-state index is 11.1. The lowest BCUT2D eigenvalue weighted by Gasteiger charge is -2.60. The summed E-state index contributed by atoms with van der Waals surface area (Å²) in [5.41, 5.74) is 0.157. The number of hydrogen-bond donors (Lipinski definition) is 2. The van der Waals surface area contributed by atoms with E-state index in [4.69, 9.17) is 0 Å². The number of nitrogens with zero attached hydrogens (tertiary/aromatic N) is 1. The van der Waals surface area contributed by atoms with E-state index in [2.05, 4.69) is 37.9 Å². The highest BCUT2D eigenvalue weighted by molar-refractivity contribution is 5.09. The predicted molar refractivity (Wildman–Crippen MR) is 84.8 cm³/mol. The van der Waals surface area contributed by atoms with Gasteiger partial charge in [0.15, 0.2) is 0 Å². The number of aliphatic hydroxyl groups is 1. The molecule has 2 aliphatic rings. The summed E-state index contributed by atoms with van der Waals surface area (Å²) < 4.78 is 0. The number of fused-ring (bicyclic) bond motifs is 2. The van der Waals surface area contributed by atoms with E-state index >= 15 is 0 Å². The molecule has 0 aliphatic carbocycles. The molecule has 0 amide bonds. The maximum Gasteiger partial charge on any atom is 0.0701 e. The summed E-state index contributed by atoms with van der Waals surface area (Å²) in [6.45, 7) is 14.4. The zero-order chi connectivity index (χ0) is 14.8. The molecule has 0 saturated carbocycles. The summed E-state index contributed by atoms with van der Waals surface area (Å²) in [7, 11) is 0. The van der Waals surface area contributed by atoms with Gasteiger partial charge < -0.3 is 15.3 Å². The highest BCUT2D eigenvalue weighted by atomic mass is 16.3. The number of nitrogens with one attached hydrogen (secondary N) is 1. The van der Waals surface area contributed by atoms with E-state index in [0.29, 0.717) is 5.92 Å². The molecule has 2 N–H and O–H groups in total. The molecule has 2 aliphatic heterocycles. The molecule has 2 heterocycles. The van der Waals surface area contributed by atoms with Gasteiger partial charge in [-0.25, -0.2) is 0 Å². The van der Waals surface area contributed by atoms with Crippen molar-refractivity contribution in [1.82, 2.24) is 10.2 Å². The Morgan fingerprint density at radius 2 is 1.60 bits per heavy atom. The molecule has 0 aromatic heterocycles. The van der Waals surface area contributed by atoms with E-state index in [0.717, 1.165) is 51.9 Å². The van der Waals surface area contributed by atoms with Crippen molar-refractivity contribution in [3.63, 3.8) is 0 Å². The van der Waals surface area contributed by atoms with Crippen LogP contribution in [0.15, 0.2) is 0 Å². The van der Waals surface area contributed by atoms with Gasteiger partial charge in [0.2, 0.25) is 0 Å². The van der Waals surface area contributed by atoms with Crippen LogP contribution in [0.25, 0.3) is 0 Å². The van der Waals surface area contributed by atoms with E-state index in [-0.39, 0.29) is 16.9 Å². The van der Waals surface area contributed by atoms with Crippen LogP contribution in [-0.4, -0.2) is 48.8 Å². The summed E-state index contributed by atoms with van der Waals surface area (Å²) in [5.74, 6) is 0.705. The second-order valence-electron chi connectivity index (χ2n) is 7.79. The number of likely N-dealkylation sites (tertiary alicyclic amines) is 1. The number of aliphatic hydroxyl groups excluding tert-OH is 1. The summed E-state index contributed by atoms with van der Waals surface area (Å²) in [4.78, 5) is 2.64. The third-order valence-corrected chi connectivity index (χ3v) is 5.31. The topological polar surface area (TPSA) is 35.5 Å². The Bertz CT molecular complexity index is 288. The van der Waals surface area contributed by atoms with Gasteiger partial charge in [0.05, 0.1) is 6.10 Å². The molecule has 3 nitrogen and oxygen atoms in total. The molecule has 3 atom stereocenters. The standard InChI is InChI=1S/C17H34N2O/c1-5-7-16-10-18-11-17(8-6-2,15(16)20)13-19(12-16)9-14(3)4/h14-15,18,20H,5-13H2,1-4H3/t15?,16-,17+. The molecule has 0 aromatic rings. The van der Waals surface area contributed by atoms with Crippen LogP contribution >= 0.6 is 0 Å².